The molecule has 0 aliphatic heterocycles. The molecule has 0 saturated carbocycles. The van der Waals surface area contributed by atoms with Crippen molar-refractivity contribution in [2.75, 3.05) is 27.2 Å². The molecule has 0 fully saturated rings. The van der Waals surface area contributed by atoms with E-state index in [4.69, 9.17) is 0 Å². The topological polar surface area (TPSA) is 64.4 Å². The standard InChI is InChI=1S/C15H19N3O2/c1-4-18(11-14(19)17(2)3)15(20)13(10-16)12-8-6-5-7-9-12/h5-9,13H,4,11H2,1-3H3. The first-order chi connectivity index (χ1) is 9.51. The van der Waals surface area contributed by atoms with Gasteiger partial charge in [0.05, 0.1) is 12.6 Å². The normalized spacial score (nSPS) is 11.3. The third kappa shape index (κ3) is 3.82. The van der Waals surface area contributed by atoms with Gasteiger partial charge < -0.3 is 9.80 Å². The molecule has 0 aliphatic rings. The molecular formula is C15H19N3O2. The number of nitriles is 1. The first kappa shape index (κ1) is 15.7. The van der Waals surface area contributed by atoms with Gasteiger partial charge >= 0.3 is 0 Å². The van der Waals surface area contributed by atoms with Crippen molar-refractivity contribution >= 4 is 11.8 Å². The van der Waals surface area contributed by atoms with Crippen molar-refractivity contribution in [2.24, 2.45) is 0 Å². The largest absolute Gasteiger partial charge is 0.347 e. The van der Waals surface area contributed by atoms with Crippen molar-refractivity contribution in [1.82, 2.24) is 9.80 Å². The average Bonchev–Trinajstić information content (AvgIpc) is 2.46. The van der Waals surface area contributed by atoms with Crippen LogP contribution in [0, 0.1) is 11.3 Å². The predicted octanol–water partition coefficient (Wildman–Crippen LogP) is 1.23. The van der Waals surface area contributed by atoms with E-state index >= 15 is 0 Å². The summed E-state index contributed by atoms with van der Waals surface area (Å²) in [5, 5.41) is 9.24. The van der Waals surface area contributed by atoms with Gasteiger partial charge in [0.15, 0.2) is 0 Å². The van der Waals surface area contributed by atoms with E-state index in [1.807, 2.05) is 12.1 Å². The summed E-state index contributed by atoms with van der Waals surface area (Å²) < 4.78 is 0. The lowest BCUT2D eigenvalue weighted by Crippen LogP contribution is -2.42. The maximum absolute atomic E-state index is 12.4. The highest BCUT2D eigenvalue weighted by Gasteiger charge is 2.26. The number of nitrogens with zero attached hydrogens (tertiary/aromatic N) is 3. The number of hydrogen-bond acceptors (Lipinski definition) is 3. The van der Waals surface area contributed by atoms with E-state index in [2.05, 4.69) is 0 Å². The Morgan fingerprint density at radius 2 is 1.85 bits per heavy atom. The Kier molecular flexibility index (Phi) is 5.73. The van der Waals surface area contributed by atoms with Crippen LogP contribution in [0.1, 0.15) is 18.4 Å². The van der Waals surface area contributed by atoms with Crippen LogP contribution < -0.4 is 0 Å². The van der Waals surface area contributed by atoms with Gasteiger partial charge in [-0.3, -0.25) is 9.59 Å². The molecule has 2 amide bonds. The lowest BCUT2D eigenvalue weighted by molar-refractivity contribution is -0.139. The van der Waals surface area contributed by atoms with Gasteiger partial charge in [0.1, 0.15) is 5.92 Å². The minimum absolute atomic E-state index is 0.00660. The number of amides is 2. The minimum atomic E-state index is -0.869. The lowest BCUT2D eigenvalue weighted by atomic mass is 9.99. The summed E-state index contributed by atoms with van der Waals surface area (Å²) in [6.45, 7) is 2.18. The maximum Gasteiger partial charge on any atom is 0.244 e. The van der Waals surface area contributed by atoms with Crippen molar-refractivity contribution in [3.05, 3.63) is 35.9 Å². The zero-order valence-electron chi connectivity index (χ0n) is 12.0. The van der Waals surface area contributed by atoms with Crippen molar-refractivity contribution < 1.29 is 9.59 Å². The highest BCUT2D eigenvalue weighted by molar-refractivity contribution is 5.90. The van der Waals surface area contributed by atoms with E-state index in [0.29, 0.717) is 12.1 Å². The molecule has 0 aliphatic carbocycles. The van der Waals surface area contributed by atoms with Crippen molar-refractivity contribution in [3.8, 4) is 6.07 Å². The van der Waals surface area contributed by atoms with Crippen LogP contribution in [0.4, 0.5) is 0 Å². The number of benzene rings is 1. The zero-order chi connectivity index (χ0) is 15.1. The Balaban J connectivity index is 2.89. The molecule has 106 valence electrons. The molecule has 1 atom stereocenters. The summed E-state index contributed by atoms with van der Waals surface area (Å²) in [6, 6.07) is 10.9. The second-order valence-corrected chi connectivity index (χ2v) is 4.61. The fourth-order valence-corrected chi connectivity index (χ4v) is 1.75. The van der Waals surface area contributed by atoms with E-state index < -0.39 is 5.92 Å². The molecule has 1 aromatic rings. The van der Waals surface area contributed by atoms with Gasteiger partial charge in [-0.15, -0.1) is 0 Å². The molecule has 1 unspecified atom stereocenters. The third-order valence-corrected chi connectivity index (χ3v) is 3.03. The third-order valence-electron chi connectivity index (χ3n) is 3.03. The highest BCUT2D eigenvalue weighted by atomic mass is 16.2. The smallest absolute Gasteiger partial charge is 0.244 e. The quantitative estimate of drug-likeness (QED) is 0.810. The van der Waals surface area contributed by atoms with Crippen LogP contribution in [0.5, 0.6) is 0 Å². The molecule has 5 heteroatoms. The molecule has 0 spiro atoms. The Hall–Kier alpha value is -2.35. The van der Waals surface area contributed by atoms with E-state index in [1.54, 1.807) is 45.3 Å². The molecule has 0 radical (unpaired) electrons. The molecule has 1 aromatic carbocycles. The second-order valence-electron chi connectivity index (χ2n) is 4.61. The molecule has 0 heterocycles. The minimum Gasteiger partial charge on any atom is -0.347 e. The molecule has 1 rings (SSSR count). The van der Waals surface area contributed by atoms with Gasteiger partial charge in [-0.2, -0.15) is 5.26 Å². The average molecular weight is 273 g/mol. The van der Waals surface area contributed by atoms with Crippen LogP contribution in [-0.2, 0) is 9.59 Å². The summed E-state index contributed by atoms with van der Waals surface area (Å²) >= 11 is 0. The van der Waals surface area contributed by atoms with Crippen LogP contribution in [0.15, 0.2) is 30.3 Å². The van der Waals surface area contributed by atoms with Gasteiger partial charge in [0, 0.05) is 20.6 Å². The highest BCUT2D eigenvalue weighted by Crippen LogP contribution is 2.17. The van der Waals surface area contributed by atoms with Crippen LogP contribution in [0.2, 0.25) is 0 Å². The van der Waals surface area contributed by atoms with Gasteiger partial charge in [0.25, 0.3) is 0 Å². The molecular weight excluding hydrogens is 254 g/mol. The van der Waals surface area contributed by atoms with E-state index in [9.17, 15) is 14.9 Å². The summed E-state index contributed by atoms with van der Waals surface area (Å²) in [5.41, 5.74) is 0.649. The fourth-order valence-electron chi connectivity index (χ4n) is 1.75. The predicted molar refractivity (Wildman–Crippen MR) is 75.7 cm³/mol. The Morgan fingerprint density at radius 1 is 1.25 bits per heavy atom. The van der Waals surface area contributed by atoms with E-state index in [0.717, 1.165) is 0 Å². The first-order valence-corrected chi connectivity index (χ1v) is 6.44. The van der Waals surface area contributed by atoms with Crippen molar-refractivity contribution in [2.45, 2.75) is 12.8 Å². The molecule has 0 N–H and O–H groups in total. The zero-order valence-corrected chi connectivity index (χ0v) is 12.0. The summed E-state index contributed by atoms with van der Waals surface area (Å²) in [7, 11) is 3.28. The monoisotopic (exact) mass is 273 g/mol. The van der Waals surface area contributed by atoms with Crippen LogP contribution in [0.25, 0.3) is 0 Å². The molecule has 0 bridgehead atoms. The summed E-state index contributed by atoms with van der Waals surface area (Å²) in [5.74, 6) is -1.37. The van der Waals surface area contributed by atoms with Crippen LogP contribution in [0.3, 0.4) is 0 Å². The molecule has 0 aromatic heterocycles. The van der Waals surface area contributed by atoms with Crippen LogP contribution in [-0.4, -0.2) is 48.8 Å². The van der Waals surface area contributed by atoms with Gasteiger partial charge in [0.2, 0.25) is 11.8 Å². The number of likely N-dealkylation sites (N-methyl/N-ethyl adjacent to an activating group) is 2. The molecule has 20 heavy (non-hydrogen) atoms. The van der Waals surface area contributed by atoms with Crippen LogP contribution >= 0.6 is 0 Å². The summed E-state index contributed by atoms with van der Waals surface area (Å²) in [6.07, 6.45) is 0. The summed E-state index contributed by atoms with van der Waals surface area (Å²) in [4.78, 5) is 26.9. The van der Waals surface area contributed by atoms with Gasteiger partial charge in [-0.05, 0) is 12.5 Å². The van der Waals surface area contributed by atoms with E-state index in [-0.39, 0.29) is 18.4 Å². The van der Waals surface area contributed by atoms with Crippen molar-refractivity contribution in [3.63, 3.8) is 0 Å². The molecule has 0 saturated heterocycles. The first-order valence-electron chi connectivity index (χ1n) is 6.44. The number of rotatable bonds is 5. The van der Waals surface area contributed by atoms with Crippen molar-refractivity contribution in [1.29, 1.82) is 5.26 Å². The van der Waals surface area contributed by atoms with Gasteiger partial charge in [-0.1, -0.05) is 30.3 Å². The Labute approximate surface area is 119 Å². The Morgan fingerprint density at radius 3 is 2.30 bits per heavy atom. The number of carbonyl (C=O) groups excluding carboxylic acids is 2. The Bertz CT molecular complexity index is 506. The lowest BCUT2D eigenvalue weighted by Gasteiger charge is -2.24. The van der Waals surface area contributed by atoms with E-state index in [1.165, 1.54) is 9.80 Å². The SMILES string of the molecule is CCN(CC(=O)N(C)C)C(=O)C(C#N)c1ccccc1. The maximum atomic E-state index is 12.4. The fraction of sp³-hybridized carbons (Fsp3) is 0.400. The number of carbonyl (C=O) groups is 2. The molecule has 5 nitrogen and oxygen atoms in total. The number of hydrogen-bond donors (Lipinski definition) is 0. The van der Waals surface area contributed by atoms with Gasteiger partial charge in [-0.25, -0.2) is 0 Å². The second kappa shape index (κ2) is 7.29.